The highest BCUT2D eigenvalue weighted by molar-refractivity contribution is 6.14. The first-order valence-electron chi connectivity index (χ1n) is 7.08. The summed E-state index contributed by atoms with van der Waals surface area (Å²) >= 11 is 0. The minimum atomic E-state index is -0.705. The van der Waals surface area contributed by atoms with Crippen LogP contribution in [0.2, 0.25) is 0 Å². The predicted molar refractivity (Wildman–Crippen MR) is 77.8 cm³/mol. The van der Waals surface area contributed by atoms with E-state index in [1.807, 2.05) is 0 Å². The molecular weight excluding hydrogens is 316 g/mol. The summed E-state index contributed by atoms with van der Waals surface area (Å²) in [5, 5.41) is 0. The normalized spacial score (nSPS) is 15.9. The van der Waals surface area contributed by atoms with E-state index in [4.69, 9.17) is 14.2 Å². The van der Waals surface area contributed by atoms with Crippen LogP contribution in [0.1, 0.15) is 36.6 Å². The predicted octanol–water partition coefficient (Wildman–Crippen LogP) is 2.43. The Balaban J connectivity index is 1.65. The second-order valence-corrected chi connectivity index (χ2v) is 5.20. The molecular formula is C17H10O7. The summed E-state index contributed by atoms with van der Waals surface area (Å²) in [5.41, 5.74) is 1.42. The van der Waals surface area contributed by atoms with Gasteiger partial charge in [-0.05, 0) is 35.9 Å². The number of rotatable bonds is 2. The Bertz CT molecular complexity index is 885. The van der Waals surface area contributed by atoms with E-state index in [1.54, 1.807) is 24.3 Å². The summed E-state index contributed by atoms with van der Waals surface area (Å²) in [7, 11) is 0. The molecule has 0 radical (unpaired) electrons. The Morgan fingerprint density at radius 2 is 1.50 bits per heavy atom. The van der Waals surface area contributed by atoms with Crippen molar-refractivity contribution in [3.8, 4) is 11.5 Å². The number of benzene rings is 2. The molecule has 120 valence electrons. The minimum absolute atomic E-state index is 0.0926. The molecule has 0 saturated carbocycles. The Morgan fingerprint density at radius 3 is 2.33 bits per heavy atom. The van der Waals surface area contributed by atoms with Crippen LogP contribution in [-0.2, 0) is 20.8 Å². The fraction of sp³-hybridized carbons (Fsp3) is 0.118. The topological polar surface area (TPSA) is 88.1 Å². The zero-order valence-electron chi connectivity index (χ0n) is 12.2. The van der Waals surface area contributed by atoms with E-state index in [0.717, 1.165) is 0 Å². The molecule has 24 heavy (non-hydrogen) atoms. The third-order valence-corrected chi connectivity index (χ3v) is 3.68. The van der Waals surface area contributed by atoms with Crippen molar-refractivity contribution in [3.05, 3.63) is 58.7 Å². The van der Waals surface area contributed by atoms with Crippen LogP contribution in [0.4, 0.5) is 0 Å². The number of hydrogen-bond acceptors (Lipinski definition) is 7. The highest BCUT2D eigenvalue weighted by Crippen LogP contribution is 2.29. The maximum absolute atomic E-state index is 11.9. The van der Waals surface area contributed by atoms with Crippen LogP contribution in [0.15, 0.2) is 36.4 Å². The lowest BCUT2D eigenvalue weighted by Crippen LogP contribution is -2.05. The van der Waals surface area contributed by atoms with Gasteiger partial charge in [0.25, 0.3) is 0 Å². The maximum Gasteiger partial charge on any atom is 0.347 e. The molecule has 0 aromatic heterocycles. The molecule has 0 N–H and O–H groups in total. The number of carbonyl (C=O) groups is 3. The van der Waals surface area contributed by atoms with Crippen molar-refractivity contribution in [3.63, 3.8) is 0 Å². The summed E-state index contributed by atoms with van der Waals surface area (Å²) in [6.07, 6.45) is 0. The van der Waals surface area contributed by atoms with Crippen molar-refractivity contribution in [1.29, 1.82) is 0 Å². The lowest BCUT2D eigenvalue weighted by atomic mass is 10.1. The van der Waals surface area contributed by atoms with Gasteiger partial charge in [-0.2, -0.15) is 0 Å². The average molecular weight is 326 g/mol. The third-order valence-electron chi connectivity index (χ3n) is 3.68. The van der Waals surface area contributed by atoms with Crippen LogP contribution < -0.4 is 4.74 Å². The van der Waals surface area contributed by atoms with Gasteiger partial charge in [0.2, 0.25) is 0 Å². The molecule has 4 rings (SSSR count). The smallest absolute Gasteiger partial charge is 0.347 e. The van der Waals surface area contributed by atoms with Gasteiger partial charge in [0.05, 0.1) is 23.3 Å². The Hall–Kier alpha value is -3.19. The monoisotopic (exact) mass is 326 g/mol. The van der Waals surface area contributed by atoms with Gasteiger partial charge in [-0.25, -0.2) is 14.4 Å². The quantitative estimate of drug-likeness (QED) is 0.618. The Labute approximate surface area is 135 Å². The van der Waals surface area contributed by atoms with Crippen molar-refractivity contribution in [2.45, 2.75) is 6.61 Å². The maximum atomic E-state index is 11.9. The SMILES string of the molecule is O=C1OCOCc2ccc(Oc3ccc4c(c3)C(=O)OC4=O)cc21. The fourth-order valence-electron chi connectivity index (χ4n) is 2.52. The van der Waals surface area contributed by atoms with E-state index in [0.29, 0.717) is 22.6 Å². The lowest BCUT2D eigenvalue weighted by Gasteiger charge is -2.09. The van der Waals surface area contributed by atoms with E-state index >= 15 is 0 Å². The highest BCUT2D eigenvalue weighted by atomic mass is 16.7. The van der Waals surface area contributed by atoms with Crippen LogP contribution in [-0.4, -0.2) is 24.7 Å². The second-order valence-electron chi connectivity index (χ2n) is 5.20. The zero-order chi connectivity index (χ0) is 16.7. The number of hydrogen-bond donors (Lipinski definition) is 0. The first kappa shape index (κ1) is 14.4. The summed E-state index contributed by atoms with van der Waals surface area (Å²) in [4.78, 5) is 34.9. The van der Waals surface area contributed by atoms with Crippen LogP contribution in [0, 0.1) is 0 Å². The van der Waals surface area contributed by atoms with Crippen molar-refractivity contribution in [1.82, 2.24) is 0 Å². The average Bonchev–Trinajstić information content (AvgIpc) is 2.74. The molecule has 2 heterocycles. The highest BCUT2D eigenvalue weighted by Gasteiger charge is 2.30. The standard InChI is InChI=1S/C17H10O7/c18-15-13-5-10(2-1-9(13)7-21-8-22-15)23-11-3-4-12-14(6-11)17(20)24-16(12)19/h1-6H,7-8H2. The molecule has 0 saturated heterocycles. The number of esters is 3. The van der Waals surface area contributed by atoms with Crippen molar-refractivity contribution in [2.75, 3.05) is 6.79 Å². The number of ether oxygens (including phenoxy) is 4. The van der Waals surface area contributed by atoms with Gasteiger partial charge < -0.3 is 18.9 Å². The molecule has 0 fully saturated rings. The molecule has 2 aromatic rings. The minimum Gasteiger partial charge on any atom is -0.457 e. The van der Waals surface area contributed by atoms with Crippen LogP contribution in [0.3, 0.4) is 0 Å². The molecule has 0 aliphatic carbocycles. The fourth-order valence-corrected chi connectivity index (χ4v) is 2.52. The largest absolute Gasteiger partial charge is 0.457 e. The molecule has 0 amide bonds. The van der Waals surface area contributed by atoms with Crippen LogP contribution in [0.25, 0.3) is 0 Å². The first-order chi connectivity index (χ1) is 11.6. The van der Waals surface area contributed by atoms with Gasteiger partial charge in [0.1, 0.15) is 11.5 Å². The van der Waals surface area contributed by atoms with E-state index < -0.39 is 17.9 Å². The van der Waals surface area contributed by atoms with Gasteiger partial charge in [0, 0.05) is 0 Å². The Kier molecular flexibility index (Phi) is 3.28. The summed E-state index contributed by atoms with van der Waals surface area (Å²) in [6.45, 7) is 0.179. The van der Waals surface area contributed by atoms with Gasteiger partial charge >= 0.3 is 17.9 Å². The molecule has 7 heteroatoms. The third kappa shape index (κ3) is 2.40. The van der Waals surface area contributed by atoms with E-state index in [-0.39, 0.29) is 24.5 Å². The lowest BCUT2D eigenvalue weighted by molar-refractivity contribution is -0.0313. The molecule has 0 atom stereocenters. The first-order valence-corrected chi connectivity index (χ1v) is 7.08. The number of carbonyl (C=O) groups excluding carboxylic acids is 3. The zero-order valence-corrected chi connectivity index (χ0v) is 12.2. The number of cyclic esters (lactones) is 3. The summed E-state index contributed by atoms with van der Waals surface area (Å²) in [6, 6.07) is 9.37. The van der Waals surface area contributed by atoms with E-state index in [9.17, 15) is 14.4 Å². The van der Waals surface area contributed by atoms with Gasteiger partial charge in [-0.3, -0.25) is 0 Å². The molecule has 2 aliphatic rings. The Morgan fingerprint density at radius 1 is 0.792 bits per heavy atom. The molecule has 0 bridgehead atoms. The van der Waals surface area contributed by atoms with E-state index in [1.165, 1.54) is 12.1 Å². The van der Waals surface area contributed by atoms with Crippen molar-refractivity contribution < 1.29 is 33.3 Å². The van der Waals surface area contributed by atoms with Gasteiger partial charge in [-0.1, -0.05) is 6.07 Å². The second kappa shape index (κ2) is 5.47. The van der Waals surface area contributed by atoms with Gasteiger partial charge in [-0.15, -0.1) is 0 Å². The molecule has 0 spiro atoms. The van der Waals surface area contributed by atoms with E-state index in [2.05, 4.69) is 4.74 Å². The van der Waals surface area contributed by atoms with Crippen LogP contribution >= 0.6 is 0 Å². The molecule has 2 aromatic carbocycles. The van der Waals surface area contributed by atoms with Crippen molar-refractivity contribution >= 4 is 17.9 Å². The summed E-state index contributed by atoms with van der Waals surface area (Å²) in [5.74, 6) is -1.13. The van der Waals surface area contributed by atoms with Gasteiger partial charge in [0.15, 0.2) is 6.79 Å². The summed E-state index contributed by atoms with van der Waals surface area (Å²) < 4.78 is 20.3. The number of fused-ring (bicyclic) bond motifs is 2. The molecule has 7 nitrogen and oxygen atoms in total. The molecule has 0 unspecified atom stereocenters. The van der Waals surface area contributed by atoms with Crippen LogP contribution in [0.5, 0.6) is 11.5 Å². The molecule has 2 aliphatic heterocycles. The van der Waals surface area contributed by atoms with Crippen molar-refractivity contribution in [2.24, 2.45) is 0 Å².